The van der Waals surface area contributed by atoms with Gasteiger partial charge in [-0.2, -0.15) is 11.3 Å². The predicted octanol–water partition coefficient (Wildman–Crippen LogP) is 5.52. The van der Waals surface area contributed by atoms with Gasteiger partial charge in [-0.25, -0.2) is 4.39 Å². The molecule has 0 fully saturated rings. The molecule has 0 spiro atoms. The zero-order chi connectivity index (χ0) is 20.6. The number of methoxy groups -OCH3 is 1. The minimum atomic E-state index is -0.348. The van der Waals surface area contributed by atoms with Gasteiger partial charge in [0.2, 0.25) is 0 Å². The first kappa shape index (κ1) is 21.1. The number of thiophene rings is 1. The monoisotopic (exact) mass is 415 g/mol. The zero-order valence-electron chi connectivity index (χ0n) is 16.9. The number of nitrogens with one attached hydrogen (secondary N) is 1. The lowest BCUT2D eigenvalue weighted by atomic mass is 10.0. The highest BCUT2D eigenvalue weighted by molar-refractivity contribution is 7.08. The van der Waals surface area contributed by atoms with Gasteiger partial charge in [0.05, 0.1) is 13.2 Å². The smallest absolute Gasteiger partial charge is 0.164 e. The van der Waals surface area contributed by atoms with Crippen molar-refractivity contribution in [3.05, 3.63) is 64.6 Å². The van der Waals surface area contributed by atoms with E-state index in [1.165, 1.54) is 17.7 Å². The Balaban J connectivity index is 1.56. The highest BCUT2D eigenvalue weighted by Gasteiger charge is 2.09. The number of ether oxygens (including phenoxy) is 3. The number of hydrogen-bond donors (Lipinski definition) is 1. The van der Waals surface area contributed by atoms with Crippen LogP contribution < -0.4 is 19.5 Å². The quantitative estimate of drug-likeness (QED) is 0.443. The van der Waals surface area contributed by atoms with Crippen molar-refractivity contribution < 1.29 is 18.6 Å². The molecule has 0 aliphatic rings. The minimum absolute atomic E-state index is 0.0103. The van der Waals surface area contributed by atoms with Crippen molar-refractivity contribution in [2.75, 3.05) is 20.3 Å². The van der Waals surface area contributed by atoms with Crippen LogP contribution in [0.3, 0.4) is 0 Å². The number of hydrogen-bond acceptors (Lipinski definition) is 5. The van der Waals surface area contributed by atoms with E-state index in [9.17, 15) is 4.39 Å². The van der Waals surface area contributed by atoms with Gasteiger partial charge in [-0.15, -0.1) is 0 Å². The third-order valence-corrected chi connectivity index (χ3v) is 4.94. The van der Waals surface area contributed by atoms with E-state index in [2.05, 4.69) is 34.3 Å². The first-order valence-electron chi connectivity index (χ1n) is 9.56. The molecular formula is C23H26FNO3S. The molecule has 6 heteroatoms. The van der Waals surface area contributed by atoms with Crippen molar-refractivity contribution in [1.82, 2.24) is 5.32 Å². The number of benzene rings is 2. The third-order valence-electron chi connectivity index (χ3n) is 4.26. The van der Waals surface area contributed by atoms with Gasteiger partial charge in [-0.1, -0.05) is 6.07 Å². The lowest BCUT2D eigenvalue weighted by molar-refractivity contribution is 0.220. The summed E-state index contributed by atoms with van der Waals surface area (Å²) in [6.07, 6.45) is -0.0103. The molecule has 3 rings (SSSR count). The number of rotatable bonds is 10. The molecule has 0 unspecified atom stereocenters. The Morgan fingerprint density at radius 1 is 1.00 bits per heavy atom. The number of halogens is 1. The molecule has 29 heavy (non-hydrogen) atoms. The van der Waals surface area contributed by atoms with Gasteiger partial charge in [-0.3, -0.25) is 0 Å². The van der Waals surface area contributed by atoms with E-state index in [1.54, 1.807) is 24.5 Å². The summed E-state index contributed by atoms with van der Waals surface area (Å²) in [5, 5.41) is 7.55. The first-order valence-corrected chi connectivity index (χ1v) is 10.5. The summed E-state index contributed by atoms with van der Waals surface area (Å²) in [5.41, 5.74) is 3.44. The van der Waals surface area contributed by atoms with Crippen LogP contribution in [0, 0.1) is 5.82 Å². The summed E-state index contributed by atoms with van der Waals surface area (Å²) in [5.74, 6) is 1.46. The summed E-state index contributed by atoms with van der Waals surface area (Å²) >= 11 is 1.68. The van der Waals surface area contributed by atoms with E-state index in [-0.39, 0.29) is 11.9 Å². The molecule has 0 aliphatic heterocycles. The van der Waals surface area contributed by atoms with Crippen LogP contribution >= 0.6 is 11.3 Å². The molecular weight excluding hydrogens is 389 g/mol. The van der Waals surface area contributed by atoms with Crippen LogP contribution in [0.5, 0.6) is 17.2 Å². The third kappa shape index (κ3) is 5.95. The van der Waals surface area contributed by atoms with Crippen molar-refractivity contribution in [1.29, 1.82) is 0 Å². The Hall–Kier alpha value is -2.57. The molecule has 3 aromatic rings. The Kier molecular flexibility index (Phi) is 7.49. The van der Waals surface area contributed by atoms with Crippen LogP contribution in [0.1, 0.15) is 19.4 Å². The van der Waals surface area contributed by atoms with Gasteiger partial charge in [-0.05, 0) is 66.1 Å². The van der Waals surface area contributed by atoms with Crippen molar-refractivity contribution in [3.8, 4) is 28.4 Å². The summed E-state index contributed by atoms with van der Waals surface area (Å²) < 4.78 is 30.5. The average Bonchev–Trinajstić information content (AvgIpc) is 3.24. The fourth-order valence-corrected chi connectivity index (χ4v) is 3.59. The highest BCUT2D eigenvalue weighted by Crippen LogP contribution is 2.29. The lowest BCUT2D eigenvalue weighted by Gasteiger charge is -2.15. The molecule has 0 radical (unpaired) electrons. The molecule has 4 nitrogen and oxygen atoms in total. The van der Waals surface area contributed by atoms with Crippen LogP contribution in [-0.4, -0.2) is 26.4 Å². The predicted molar refractivity (Wildman–Crippen MR) is 116 cm³/mol. The fourth-order valence-electron chi connectivity index (χ4n) is 2.93. The van der Waals surface area contributed by atoms with Crippen molar-refractivity contribution in [2.24, 2.45) is 0 Å². The first-order chi connectivity index (χ1) is 14.1. The standard InChI is InChI=1S/C23H26FNO3S/c1-16(2)28-22-7-5-20(24)13-23(22)27-10-9-25-14-19-12-17(4-6-21(19)26-3)18-8-11-29-15-18/h4-8,11-13,15-16,25H,9-10,14H2,1-3H3. The van der Waals surface area contributed by atoms with Crippen molar-refractivity contribution in [3.63, 3.8) is 0 Å². The summed E-state index contributed by atoms with van der Waals surface area (Å²) in [7, 11) is 1.67. The fraction of sp³-hybridized carbons (Fsp3) is 0.304. The van der Waals surface area contributed by atoms with Gasteiger partial charge >= 0.3 is 0 Å². The Bertz CT molecular complexity index is 912. The van der Waals surface area contributed by atoms with Gasteiger partial charge < -0.3 is 19.5 Å². The maximum atomic E-state index is 13.6. The van der Waals surface area contributed by atoms with E-state index < -0.39 is 0 Å². The normalized spacial score (nSPS) is 10.9. The molecule has 0 bridgehead atoms. The largest absolute Gasteiger partial charge is 0.496 e. The molecule has 0 saturated carbocycles. The van der Waals surface area contributed by atoms with Crippen LogP contribution in [0.15, 0.2) is 53.2 Å². The molecule has 0 saturated heterocycles. The molecule has 0 atom stereocenters. The molecule has 0 aliphatic carbocycles. The van der Waals surface area contributed by atoms with E-state index in [1.807, 2.05) is 19.9 Å². The Labute approximate surface area is 175 Å². The maximum absolute atomic E-state index is 13.6. The summed E-state index contributed by atoms with van der Waals surface area (Å²) in [4.78, 5) is 0. The second-order valence-electron chi connectivity index (χ2n) is 6.82. The van der Waals surface area contributed by atoms with Crippen LogP contribution in [0.25, 0.3) is 11.1 Å². The Morgan fingerprint density at radius 2 is 1.83 bits per heavy atom. The molecule has 1 aromatic heterocycles. The summed E-state index contributed by atoms with van der Waals surface area (Å²) in [6.45, 7) is 5.48. The molecule has 1 N–H and O–H groups in total. The maximum Gasteiger partial charge on any atom is 0.164 e. The second-order valence-corrected chi connectivity index (χ2v) is 7.60. The van der Waals surface area contributed by atoms with E-state index in [4.69, 9.17) is 14.2 Å². The van der Waals surface area contributed by atoms with Gasteiger partial charge in [0.15, 0.2) is 11.5 Å². The van der Waals surface area contributed by atoms with Crippen LogP contribution in [0.4, 0.5) is 4.39 Å². The van der Waals surface area contributed by atoms with Crippen molar-refractivity contribution >= 4 is 11.3 Å². The van der Waals surface area contributed by atoms with E-state index in [0.29, 0.717) is 31.2 Å². The minimum Gasteiger partial charge on any atom is -0.496 e. The SMILES string of the molecule is COc1ccc(-c2ccsc2)cc1CNCCOc1cc(F)ccc1OC(C)C. The zero-order valence-corrected chi connectivity index (χ0v) is 17.7. The van der Waals surface area contributed by atoms with Gasteiger partial charge in [0.25, 0.3) is 0 Å². The van der Waals surface area contributed by atoms with Crippen LogP contribution in [0.2, 0.25) is 0 Å². The molecule has 1 heterocycles. The molecule has 2 aromatic carbocycles. The highest BCUT2D eigenvalue weighted by atomic mass is 32.1. The van der Waals surface area contributed by atoms with Crippen LogP contribution in [-0.2, 0) is 6.54 Å². The Morgan fingerprint density at radius 3 is 2.55 bits per heavy atom. The average molecular weight is 416 g/mol. The van der Waals surface area contributed by atoms with E-state index in [0.717, 1.165) is 16.9 Å². The molecule has 154 valence electrons. The van der Waals surface area contributed by atoms with Gasteiger partial charge in [0.1, 0.15) is 18.2 Å². The lowest BCUT2D eigenvalue weighted by Crippen LogP contribution is -2.21. The van der Waals surface area contributed by atoms with Gasteiger partial charge in [0, 0.05) is 24.7 Å². The van der Waals surface area contributed by atoms with E-state index >= 15 is 0 Å². The second kappa shape index (κ2) is 10.3. The van der Waals surface area contributed by atoms with Crippen molar-refractivity contribution in [2.45, 2.75) is 26.5 Å². The summed E-state index contributed by atoms with van der Waals surface area (Å²) in [6, 6.07) is 12.6. The molecule has 0 amide bonds. The topological polar surface area (TPSA) is 39.7 Å².